The Labute approximate surface area is 144 Å². The van der Waals surface area contributed by atoms with Crippen LogP contribution in [0.3, 0.4) is 0 Å². The number of nitrogens with one attached hydrogen (secondary N) is 1. The Morgan fingerprint density at radius 1 is 1.25 bits per heavy atom. The van der Waals surface area contributed by atoms with Gasteiger partial charge >= 0.3 is 0 Å². The molecule has 0 saturated heterocycles. The first-order valence-corrected chi connectivity index (χ1v) is 8.81. The van der Waals surface area contributed by atoms with Gasteiger partial charge < -0.3 is 4.74 Å². The highest BCUT2D eigenvalue weighted by Gasteiger charge is 2.22. The third-order valence-corrected chi connectivity index (χ3v) is 4.97. The van der Waals surface area contributed by atoms with Crippen LogP contribution in [0.2, 0.25) is 5.02 Å². The van der Waals surface area contributed by atoms with Crippen LogP contribution in [-0.4, -0.2) is 19.9 Å². The van der Waals surface area contributed by atoms with Gasteiger partial charge in [0.15, 0.2) is 0 Å². The molecule has 0 spiro atoms. The summed E-state index contributed by atoms with van der Waals surface area (Å²) in [6.07, 6.45) is 0. The lowest BCUT2D eigenvalue weighted by Gasteiger charge is -2.10. The molecule has 0 unspecified atom stereocenters. The van der Waals surface area contributed by atoms with E-state index in [1.807, 2.05) is 6.92 Å². The monoisotopic (exact) mass is 370 g/mol. The molecule has 0 fully saturated rings. The van der Waals surface area contributed by atoms with Crippen molar-refractivity contribution in [1.82, 2.24) is 0 Å². The standard InChI is InChI=1S/C15H15ClN2O5S/c1-3-23-12-6-4-11(5-7-12)17-24(21,22)13-8-14(16)10(2)15(9-13)18(19)20/h4-9,17H,3H2,1-2H3. The summed E-state index contributed by atoms with van der Waals surface area (Å²) in [5.74, 6) is 0.606. The van der Waals surface area contributed by atoms with E-state index in [1.165, 1.54) is 25.1 Å². The largest absolute Gasteiger partial charge is 0.494 e. The number of nitro benzene ring substituents is 1. The lowest BCUT2D eigenvalue weighted by Crippen LogP contribution is -2.13. The molecule has 9 heteroatoms. The third-order valence-electron chi connectivity index (χ3n) is 3.21. The number of benzene rings is 2. The van der Waals surface area contributed by atoms with Crippen molar-refractivity contribution in [3.05, 3.63) is 57.1 Å². The van der Waals surface area contributed by atoms with Gasteiger partial charge in [-0.25, -0.2) is 8.42 Å². The number of ether oxygens (including phenoxy) is 1. The molecule has 0 aromatic heterocycles. The van der Waals surface area contributed by atoms with Crippen LogP contribution in [0.25, 0.3) is 0 Å². The summed E-state index contributed by atoms with van der Waals surface area (Å²) in [5, 5.41) is 11.0. The van der Waals surface area contributed by atoms with E-state index in [4.69, 9.17) is 16.3 Å². The number of halogens is 1. The lowest BCUT2D eigenvalue weighted by molar-refractivity contribution is -0.385. The van der Waals surface area contributed by atoms with E-state index in [2.05, 4.69) is 4.72 Å². The zero-order valence-electron chi connectivity index (χ0n) is 12.9. The summed E-state index contributed by atoms with van der Waals surface area (Å²) >= 11 is 5.91. The number of hydrogen-bond donors (Lipinski definition) is 1. The van der Waals surface area contributed by atoms with Gasteiger partial charge in [-0.2, -0.15) is 0 Å². The van der Waals surface area contributed by atoms with E-state index < -0.39 is 14.9 Å². The van der Waals surface area contributed by atoms with E-state index in [1.54, 1.807) is 12.1 Å². The molecule has 128 valence electrons. The Balaban J connectivity index is 2.35. The molecule has 24 heavy (non-hydrogen) atoms. The average Bonchev–Trinajstić information content (AvgIpc) is 2.51. The fourth-order valence-electron chi connectivity index (χ4n) is 1.98. The van der Waals surface area contributed by atoms with Gasteiger partial charge in [0.2, 0.25) is 0 Å². The minimum Gasteiger partial charge on any atom is -0.494 e. The molecule has 0 aliphatic carbocycles. The molecule has 1 N–H and O–H groups in total. The molecule has 0 radical (unpaired) electrons. The van der Waals surface area contributed by atoms with Crippen molar-refractivity contribution in [2.45, 2.75) is 18.7 Å². The van der Waals surface area contributed by atoms with Crippen molar-refractivity contribution in [3.8, 4) is 5.75 Å². The maximum absolute atomic E-state index is 12.4. The van der Waals surface area contributed by atoms with Gasteiger partial charge in [0.25, 0.3) is 15.7 Å². The number of nitrogens with zero attached hydrogens (tertiary/aromatic N) is 1. The van der Waals surface area contributed by atoms with Crippen molar-refractivity contribution >= 4 is 33.0 Å². The Kier molecular flexibility index (Phi) is 5.30. The van der Waals surface area contributed by atoms with Crippen molar-refractivity contribution in [1.29, 1.82) is 0 Å². The average molecular weight is 371 g/mol. The summed E-state index contributed by atoms with van der Waals surface area (Å²) in [5.41, 5.74) is 0.161. The Morgan fingerprint density at radius 2 is 1.88 bits per heavy atom. The summed E-state index contributed by atoms with van der Waals surface area (Å²) in [6.45, 7) is 3.79. The first-order chi connectivity index (χ1) is 11.2. The quantitative estimate of drug-likeness (QED) is 0.616. The van der Waals surface area contributed by atoms with E-state index in [9.17, 15) is 18.5 Å². The first-order valence-electron chi connectivity index (χ1n) is 6.95. The second-order valence-electron chi connectivity index (χ2n) is 4.87. The molecule has 2 aromatic rings. The number of rotatable bonds is 6. The first kappa shape index (κ1) is 18.0. The van der Waals surface area contributed by atoms with Gasteiger partial charge in [0, 0.05) is 17.3 Å². The van der Waals surface area contributed by atoms with Crippen molar-refractivity contribution in [2.75, 3.05) is 11.3 Å². The Bertz CT molecular complexity index is 866. The fourth-order valence-corrected chi connectivity index (χ4v) is 3.37. The topological polar surface area (TPSA) is 98.5 Å². The molecule has 0 bridgehead atoms. The molecule has 0 saturated carbocycles. The zero-order chi connectivity index (χ0) is 17.9. The highest BCUT2D eigenvalue weighted by molar-refractivity contribution is 7.92. The number of anilines is 1. The van der Waals surface area contributed by atoms with Crippen LogP contribution in [0, 0.1) is 17.0 Å². The molecule has 0 amide bonds. The van der Waals surface area contributed by atoms with E-state index >= 15 is 0 Å². The second-order valence-corrected chi connectivity index (χ2v) is 6.96. The van der Waals surface area contributed by atoms with Gasteiger partial charge in [0.05, 0.1) is 21.4 Å². The van der Waals surface area contributed by atoms with Crippen LogP contribution in [0.15, 0.2) is 41.3 Å². The maximum Gasteiger partial charge on any atom is 0.275 e. The van der Waals surface area contributed by atoms with E-state index in [0.717, 1.165) is 6.07 Å². The van der Waals surface area contributed by atoms with Gasteiger partial charge in [-0.05, 0) is 44.2 Å². The third kappa shape index (κ3) is 3.95. The van der Waals surface area contributed by atoms with Crippen LogP contribution in [0.1, 0.15) is 12.5 Å². The van der Waals surface area contributed by atoms with E-state index in [0.29, 0.717) is 18.0 Å². The number of hydrogen-bond acceptors (Lipinski definition) is 5. The van der Waals surface area contributed by atoms with Crippen LogP contribution in [0.4, 0.5) is 11.4 Å². The Morgan fingerprint density at radius 3 is 2.42 bits per heavy atom. The van der Waals surface area contributed by atoms with Gasteiger partial charge in [-0.15, -0.1) is 0 Å². The molecule has 0 aliphatic rings. The predicted octanol–water partition coefficient (Wildman–Crippen LogP) is 3.76. The Hall–Kier alpha value is -2.32. The molecule has 0 atom stereocenters. The van der Waals surface area contributed by atoms with Crippen molar-refractivity contribution < 1.29 is 18.1 Å². The minimum atomic E-state index is -4.01. The van der Waals surface area contributed by atoms with Gasteiger partial charge in [-0.3, -0.25) is 14.8 Å². The number of sulfonamides is 1. The molecule has 2 aromatic carbocycles. The molecular weight excluding hydrogens is 356 g/mol. The smallest absolute Gasteiger partial charge is 0.275 e. The van der Waals surface area contributed by atoms with E-state index in [-0.39, 0.29) is 21.2 Å². The second kappa shape index (κ2) is 7.06. The van der Waals surface area contributed by atoms with Crippen LogP contribution < -0.4 is 9.46 Å². The fraction of sp³-hybridized carbons (Fsp3) is 0.200. The summed E-state index contributed by atoms with van der Waals surface area (Å²) in [7, 11) is -4.01. The predicted molar refractivity (Wildman–Crippen MR) is 91.3 cm³/mol. The van der Waals surface area contributed by atoms with Gasteiger partial charge in [-0.1, -0.05) is 11.6 Å². The summed E-state index contributed by atoms with van der Waals surface area (Å²) < 4.78 is 32.5. The summed E-state index contributed by atoms with van der Waals surface area (Å²) in [4.78, 5) is 10.1. The zero-order valence-corrected chi connectivity index (χ0v) is 14.5. The molecule has 2 rings (SSSR count). The molecule has 7 nitrogen and oxygen atoms in total. The SMILES string of the molecule is CCOc1ccc(NS(=O)(=O)c2cc(Cl)c(C)c([N+](=O)[O-])c2)cc1. The van der Waals surface area contributed by atoms with Gasteiger partial charge in [0.1, 0.15) is 5.75 Å². The summed E-state index contributed by atoms with van der Waals surface area (Å²) in [6, 6.07) is 8.47. The van der Waals surface area contributed by atoms with Crippen LogP contribution >= 0.6 is 11.6 Å². The maximum atomic E-state index is 12.4. The molecular formula is C15H15ClN2O5S. The van der Waals surface area contributed by atoms with Crippen LogP contribution in [-0.2, 0) is 10.0 Å². The van der Waals surface area contributed by atoms with Crippen LogP contribution in [0.5, 0.6) is 5.75 Å². The minimum absolute atomic E-state index is 0.0104. The number of nitro groups is 1. The lowest BCUT2D eigenvalue weighted by atomic mass is 10.2. The highest BCUT2D eigenvalue weighted by atomic mass is 35.5. The normalized spacial score (nSPS) is 11.1. The van der Waals surface area contributed by atoms with Crippen molar-refractivity contribution in [2.24, 2.45) is 0 Å². The molecule has 0 aliphatic heterocycles. The highest BCUT2D eigenvalue weighted by Crippen LogP contribution is 2.30. The molecule has 0 heterocycles. The van der Waals surface area contributed by atoms with Crippen molar-refractivity contribution in [3.63, 3.8) is 0 Å².